The van der Waals surface area contributed by atoms with Crippen molar-refractivity contribution in [3.63, 3.8) is 0 Å². The lowest BCUT2D eigenvalue weighted by Crippen LogP contribution is -2.35. The molecule has 0 spiro atoms. The van der Waals surface area contributed by atoms with Gasteiger partial charge >= 0.3 is 12.2 Å². The highest BCUT2D eigenvalue weighted by atomic mass is 32.2. The molecule has 2 aromatic carbocycles. The van der Waals surface area contributed by atoms with Crippen LogP contribution >= 0.6 is 11.8 Å². The number of urea groups is 1. The van der Waals surface area contributed by atoms with Gasteiger partial charge in [0.05, 0.1) is 5.75 Å². The Hall–Kier alpha value is -3.67. The third-order valence-electron chi connectivity index (χ3n) is 4.32. The Balaban J connectivity index is 1.63. The van der Waals surface area contributed by atoms with Gasteiger partial charge in [-0.25, -0.2) is 19.2 Å². The van der Waals surface area contributed by atoms with Crippen LogP contribution in [-0.2, 0) is 17.4 Å². The Morgan fingerprint density at radius 3 is 2.24 bits per heavy atom. The molecule has 0 aliphatic carbocycles. The first-order valence-electron chi connectivity index (χ1n) is 9.94. The maximum atomic E-state index is 13.3. The Labute approximate surface area is 196 Å². The Morgan fingerprint density at radius 2 is 1.62 bits per heavy atom. The molecule has 12 heteroatoms. The van der Waals surface area contributed by atoms with E-state index in [4.69, 9.17) is 0 Å². The van der Waals surface area contributed by atoms with Crippen molar-refractivity contribution >= 4 is 40.9 Å². The predicted octanol–water partition coefficient (Wildman–Crippen LogP) is 5.38. The van der Waals surface area contributed by atoms with E-state index in [0.717, 1.165) is 24.1 Å². The average molecular weight is 493 g/mol. The number of anilines is 3. The second-order valence-electron chi connectivity index (χ2n) is 6.89. The molecular weight excluding hydrogens is 474 g/mol. The number of aryl methyl sites for hydroxylation is 1. The van der Waals surface area contributed by atoms with Crippen molar-refractivity contribution in [3.8, 4) is 0 Å². The third kappa shape index (κ3) is 7.44. The molecule has 3 aromatic rings. The molecule has 178 valence electrons. The summed E-state index contributed by atoms with van der Waals surface area (Å²) in [7, 11) is 0. The number of aromatic nitrogens is 2. The van der Waals surface area contributed by atoms with Gasteiger partial charge in [0.25, 0.3) is 0 Å². The Kier molecular flexibility index (Phi) is 8.05. The molecule has 0 fully saturated rings. The summed E-state index contributed by atoms with van der Waals surface area (Å²) in [6.07, 6.45) is -3.92. The molecule has 1 aromatic heterocycles. The summed E-state index contributed by atoms with van der Waals surface area (Å²) in [6, 6.07) is 11.9. The molecule has 0 unspecified atom stereocenters. The molecule has 0 radical (unpaired) electrons. The number of halogens is 4. The van der Waals surface area contributed by atoms with Crippen molar-refractivity contribution in [1.82, 2.24) is 15.3 Å². The van der Waals surface area contributed by atoms with E-state index in [-0.39, 0.29) is 11.0 Å². The van der Waals surface area contributed by atoms with Crippen molar-refractivity contribution in [2.24, 2.45) is 0 Å². The fourth-order valence-corrected chi connectivity index (χ4v) is 3.32. The largest absolute Gasteiger partial charge is 0.433 e. The number of hydrogen-bond acceptors (Lipinski definition) is 6. The number of alkyl halides is 3. The number of hydrogen-bond donors (Lipinski definition) is 3. The normalized spacial score (nSPS) is 11.1. The number of carbonyl (C=O) groups excluding carboxylic acids is 2. The first-order valence-corrected chi connectivity index (χ1v) is 10.9. The number of nitrogens with one attached hydrogen (secondary N) is 3. The number of imide groups is 1. The monoisotopic (exact) mass is 493 g/mol. The summed E-state index contributed by atoms with van der Waals surface area (Å²) in [5.41, 5.74) is 0.648. The second kappa shape index (κ2) is 11.0. The zero-order valence-corrected chi connectivity index (χ0v) is 18.6. The molecule has 34 heavy (non-hydrogen) atoms. The minimum absolute atomic E-state index is 0.190. The van der Waals surface area contributed by atoms with Gasteiger partial charge in [0.2, 0.25) is 5.91 Å². The van der Waals surface area contributed by atoms with E-state index < -0.39 is 35.4 Å². The minimum atomic E-state index is -4.76. The molecular formula is C22H19F4N5O2S. The zero-order chi connectivity index (χ0) is 24.7. The van der Waals surface area contributed by atoms with Crippen LogP contribution in [0.25, 0.3) is 0 Å². The molecule has 3 N–H and O–H groups in total. The van der Waals surface area contributed by atoms with Gasteiger partial charge in [-0.05, 0) is 48.4 Å². The van der Waals surface area contributed by atoms with Gasteiger partial charge in [-0.15, -0.1) is 0 Å². The predicted molar refractivity (Wildman–Crippen MR) is 120 cm³/mol. The maximum absolute atomic E-state index is 13.3. The van der Waals surface area contributed by atoms with E-state index in [2.05, 4.69) is 25.9 Å². The Morgan fingerprint density at radius 1 is 0.971 bits per heavy atom. The van der Waals surface area contributed by atoms with E-state index in [1.54, 1.807) is 12.1 Å². The van der Waals surface area contributed by atoms with E-state index in [0.29, 0.717) is 29.2 Å². The molecule has 7 nitrogen and oxygen atoms in total. The zero-order valence-electron chi connectivity index (χ0n) is 17.7. The van der Waals surface area contributed by atoms with Gasteiger partial charge in [0, 0.05) is 17.4 Å². The van der Waals surface area contributed by atoms with Gasteiger partial charge in [-0.2, -0.15) is 13.2 Å². The summed E-state index contributed by atoms with van der Waals surface area (Å²) in [5, 5.41) is 6.90. The molecule has 3 rings (SSSR count). The van der Waals surface area contributed by atoms with Crippen LogP contribution in [0.15, 0.2) is 59.8 Å². The molecule has 0 bridgehead atoms. The Bertz CT molecular complexity index is 1160. The third-order valence-corrected chi connectivity index (χ3v) is 5.17. The lowest BCUT2D eigenvalue weighted by atomic mass is 10.1. The van der Waals surface area contributed by atoms with Crippen molar-refractivity contribution in [2.45, 2.75) is 24.7 Å². The van der Waals surface area contributed by atoms with Crippen LogP contribution in [0.4, 0.5) is 39.5 Å². The quantitative estimate of drug-likeness (QED) is 0.232. The lowest BCUT2D eigenvalue weighted by molar-refractivity contribution is -0.141. The van der Waals surface area contributed by atoms with Crippen LogP contribution in [0, 0.1) is 5.82 Å². The fourth-order valence-electron chi connectivity index (χ4n) is 2.66. The van der Waals surface area contributed by atoms with Crippen molar-refractivity contribution in [3.05, 3.63) is 71.7 Å². The number of benzene rings is 2. The maximum Gasteiger partial charge on any atom is 0.433 e. The molecule has 1 heterocycles. The fraction of sp³-hybridized carbons (Fsp3) is 0.182. The van der Waals surface area contributed by atoms with Gasteiger partial charge in [-0.1, -0.05) is 30.8 Å². The number of amides is 3. The van der Waals surface area contributed by atoms with E-state index in [1.807, 2.05) is 19.1 Å². The van der Waals surface area contributed by atoms with Gasteiger partial charge < -0.3 is 10.6 Å². The standard InChI is InChI=1S/C22H19F4N5O2S/c1-2-13-3-7-16(8-4-13)28-20(33)31-19(32)12-34-21-29-17(22(24,25)26)11-18(30-21)27-15-9-5-14(23)6-10-15/h3-11H,2,12H2,1H3,(H,27,29,30)(H2,28,31,32,33). The van der Waals surface area contributed by atoms with Crippen LogP contribution in [-0.4, -0.2) is 27.7 Å². The molecule has 0 aliphatic rings. The van der Waals surface area contributed by atoms with Gasteiger partial charge in [0.1, 0.15) is 11.6 Å². The van der Waals surface area contributed by atoms with Crippen LogP contribution in [0.2, 0.25) is 0 Å². The molecule has 0 aliphatic heterocycles. The van der Waals surface area contributed by atoms with E-state index in [1.165, 1.54) is 12.1 Å². The number of nitrogens with zero attached hydrogens (tertiary/aromatic N) is 2. The van der Waals surface area contributed by atoms with Crippen LogP contribution in [0.1, 0.15) is 18.2 Å². The van der Waals surface area contributed by atoms with Crippen molar-refractivity contribution < 1.29 is 27.2 Å². The highest BCUT2D eigenvalue weighted by Crippen LogP contribution is 2.31. The lowest BCUT2D eigenvalue weighted by Gasteiger charge is -2.12. The van der Waals surface area contributed by atoms with Crippen LogP contribution in [0.3, 0.4) is 0 Å². The van der Waals surface area contributed by atoms with E-state index >= 15 is 0 Å². The minimum Gasteiger partial charge on any atom is -0.340 e. The van der Waals surface area contributed by atoms with Crippen LogP contribution in [0.5, 0.6) is 0 Å². The van der Waals surface area contributed by atoms with Gasteiger partial charge in [0.15, 0.2) is 10.9 Å². The SMILES string of the molecule is CCc1ccc(NC(=O)NC(=O)CSc2nc(Nc3ccc(F)cc3)cc(C(F)(F)F)n2)cc1. The number of carbonyl (C=O) groups is 2. The van der Waals surface area contributed by atoms with Gasteiger partial charge in [-0.3, -0.25) is 10.1 Å². The smallest absolute Gasteiger partial charge is 0.340 e. The number of rotatable bonds is 7. The van der Waals surface area contributed by atoms with Crippen molar-refractivity contribution in [1.29, 1.82) is 0 Å². The van der Waals surface area contributed by atoms with E-state index in [9.17, 15) is 27.2 Å². The first-order chi connectivity index (χ1) is 16.1. The highest BCUT2D eigenvalue weighted by molar-refractivity contribution is 7.99. The second-order valence-corrected chi connectivity index (χ2v) is 7.83. The summed E-state index contributed by atoms with van der Waals surface area (Å²) in [5.74, 6) is -1.85. The molecule has 3 amide bonds. The van der Waals surface area contributed by atoms with Crippen molar-refractivity contribution in [2.75, 3.05) is 16.4 Å². The topological polar surface area (TPSA) is 96.0 Å². The molecule has 0 saturated carbocycles. The average Bonchev–Trinajstić information content (AvgIpc) is 2.79. The van der Waals surface area contributed by atoms with Crippen LogP contribution < -0.4 is 16.0 Å². The number of thioether (sulfide) groups is 1. The summed E-state index contributed by atoms with van der Waals surface area (Å²) < 4.78 is 52.8. The highest BCUT2D eigenvalue weighted by Gasteiger charge is 2.34. The summed E-state index contributed by atoms with van der Waals surface area (Å²) >= 11 is 0.625. The molecule has 0 saturated heterocycles. The molecule has 0 atom stereocenters. The first kappa shape index (κ1) is 25.0. The summed E-state index contributed by atoms with van der Waals surface area (Å²) in [4.78, 5) is 31.5. The summed E-state index contributed by atoms with van der Waals surface area (Å²) in [6.45, 7) is 1.99.